The van der Waals surface area contributed by atoms with E-state index in [0.717, 1.165) is 19.5 Å². The Morgan fingerprint density at radius 1 is 1.42 bits per heavy atom. The standard InChI is InChI=1S/C12H22N4O2S/c1-5-6-16(11-7-13-8-11)19(17,18)12-9(2)14-15(4)10(12)3/h11,13H,5-8H2,1-4H3. The average molecular weight is 286 g/mol. The minimum atomic E-state index is -3.45. The molecule has 6 nitrogen and oxygen atoms in total. The minimum Gasteiger partial charge on any atom is -0.313 e. The van der Waals surface area contributed by atoms with Crippen molar-refractivity contribution in [3.05, 3.63) is 11.4 Å². The predicted molar refractivity (Wildman–Crippen MR) is 73.5 cm³/mol. The van der Waals surface area contributed by atoms with Crippen molar-refractivity contribution in [3.8, 4) is 0 Å². The molecule has 1 fully saturated rings. The fourth-order valence-corrected chi connectivity index (χ4v) is 4.56. The monoisotopic (exact) mass is 286 g/mol. The van der Waals surface area contributed by atoms with Crippen LogP contribution in [0.1, 0.15) is 24.7 Å². The van der Waals surface area contributed by atoms with Gasteiger partial charge in [-0.2, -0.15) is 9.40 Å². The first-order chi connectivity index (χ1) is 8.89. The molecule has 19 heavy (non-hydrogen) atoms. The van der Waals surface area contributed by atoms with Crippen LogP contribution in [-0.4, -0.2) is 48.2 Å². The van der Waals surface area contributed by atoms with E-state index >= 15 is 0 Å². The Kier molecular flexibility index (Phi) is 3.98. The van der Waals surface area contributed by atoms with E-state index in [1.165, 1.54) is 0 Å². The third-order valence-corrected chi connectivity index (χ3v) is 5.83. The lowest BCUT2D eigenvalue weighted by Gasteiger charge is -2.37. The SMILES string of the molecule is CCCN(C1CNC1)S(=O)(=O)c1c(C)nn(C)c1C. The molecule has 1 N–H and O–H groups in total. The summed E-state index contributed by atoms with van der Waals surface area (Å²) in [6.45, 7) is 7.58. The molecule has 1 aliphatic heterocycles. The van der Waals surface area contributed by atoms with Crippen molar-refractivity contribution in [1.82, 2.24) is 19.4 Å². The first kappa shape index (κ1) is 14.5. The second kappa shape index (κ2) is 5.22. The number of aromatic nitrogens is 2. The van der Waals surface area contributed by atoms with Crippen molar-refractivity contribution in [3.63, 3.8) is 0 Å². The fraction of sp³-hybridized carbons (Fsp3) is 0.750. The Morgan fingerprint density at radius 3 is 2.42 bits per heavy atom. The van der Waals surface area contributed by atoms with Crippen molar-refractivity contribution in [2.24, 2.45) is 7.05 Å². The summed E-state index contributed by atoms with van der Waals surface area (Å²) in [5, 5.41) is 7.35. The Balaban J connectivity index is 2.44. The van der Waals surface area contributed by atoms with E-state index in [-0.39, 0.29) is 6.04 Å². The van der Waals surface area contributed by atoms with Crippen LogP contribution in [0.25, 0.3) is 0 Å². The molecule has 1 aromatic rings. The molecule has 0 aliphatic carbocycles. The highest BCUT2D eigenvalue weighted by molar-refractivity contribution is 7.89. The molecular weight excluding hydrogens is 264 g/mol. The van der Waals surface area contributed by atoms with Gasteiger partial charge in [0.2, 0.25) is 10.0 Å². The zero-order valence-electron chi connectivity index (χ0n) is 12.0. The summed E-state index contributed by atoms with van der Waals surface area (Å²) in [6, 6.07) is 0.0731. The number of hydrogen-bond donors (Lipinski definition) is 1. The van der Waals surface area contributed by atoms with Crippen LogP contribution in [0.5, 0.6) is 0 Å². The number of hydrogen-bond acceptors (Lipinski definition) is 4. The van der Waals surface area contributed by atoms with Gasteiger partial charge in [0, 0.05) is 26.7 Å². The van der Waals surface area contributed by atoms with Gasteiger partial charge in [-0.15, -0.1) is 0 Å². The minimum absolute atomic E-state index is 0.0731. The third-order valence-electron chi connectivity index (χ3n) is 3.62. The van der Waals surface area contributed by atoms with Crippen LogP contribution in [0.2, 0.25) is 0 Å². The highest BCUT2D eigenvalue weighted by atomic mass is 32.2. The number of sulfonamides is 1. The largest absolute Gasteiger partial charge is 0.313 e. The van der Waals surface area contributed by atoms with Gasteiger partial charge in [-0.05, 0) is 20.3 Å². The lowest BCUT2D eigenvalue weighted by Crippen LogP contribution is -2.58. The molecule has 0 saturated carbocycles. The Morgan fingerprint density at radius 2 is 2.05 bits per heavy atom. The molecule has 7 heteroatoms. The van der Waals surface area contributed by atoms with Gasteiger partial charge in [0.1, 0.15) is 4.90 Å². The van der Waals surface area contributed by atoms with Crippen LogP contribution in [0.4, 0.5) is 0 Å². The van der Waals surface area contributed by atoms with Crippen molar-refractivity contribution < 1.29 is 8.42 Å². The molecule has 0 spiro atoms. The lowest BCUT2D eigenvalue weighted by molar-refractivity contribution is 0.241. The maximum absolute atomic E-state index is 12.9. The third kappa shape index (κ3) is 2.42. The zero-order chi connectivity index (χ0) is 14.2. The molecule has 2 rings (SSSR count). The van der Waals surface area contributed by atoms with Crippen molar-refractivity contribution >= 4 is 10.0 Å². The van der Waals surface area contributed by atoms with Gasteiger partial charge in [0.25, 0.3) is 0 Å². The normalized spacial score (nSPS) is 16.9. The maximum Gasteiger partial charge on any atom is 0.247 e. The molecule has 0 bridgehead atoms. The van der Waals surface area contributed by atoms with Gasteiger partial charge < -0.3 is 5.32 Å². The van der Waals surface area contributed by atoms with Crippen LogP contribution < -0.4 is 5.32 Å². The zero-order valence-corrected chi connectivity index (χ0v) is 12.8. The van der Waals surface area contributed by atoms with Gasteiger partial charge in [0.15, 0.2) is 0 Å². The van der Waals surface area contributed by atoms with Crippen molar-refractivity contribution in [2.45, 2.75) is 38.1 Å². The Labute approximate surface area is 114 Å². The molecule has 2 heterocycles. The van der Waals surface area contributed by atoms with Gasteiger partial charge in [-0.1, -0.05) is 6.92 Å². The molecule has 0 unspecified atom stereocenters. The van der Waals surface area contributed by atoms with E-state index in [1.54, 1.807) is 29.9 Å². The summed E-state index contributed by atoms with van der Waals surface area (Å²) in [4.78, 5) is 0.371. The lowest BCUT2D eigenvalue weighted by atomic mass is 10.2. The van der Waals surface area contributed by atoms with Crippen molar-refractivity contribution in [1.29, 1.82) is 0 Å². The summed E-state index contributed by atoms with van der Waals surface area (Å²) in [7, 11) is -1.68. The summed E-state index contributed by atoms with van der Waals surface area (Å²) >= 11 is 0. The van der Waals surface area contributed by atoms with E-state index in [0.29, 0.717) is 22.8 Å². The average Bonchev–Trinajstić information content (AvgIpc) is 2.50. The molecule has 0 aromatic carbocycles. The second-order valence-corrected chi connectivity index (χ2v) is 6.88. The molecule has 0 radical (unpaired) electrons. The number of nitrogens with zero attached hydrogens (tertiary/aromatic N) is 3. The molecule has 108 valence electrons. The Hall–Kier alpha value is -0.920. The van der Waals surface area contributed by atoms with Crippen molar-refractivity contribution in [2.75, 3.05) is 19.6 Å². The summed E-state index contributed by atoms with van der Waals surface area (Å²) in [5.74, 6) is 0. The van der Waals surface area contributed by atoms with Crippen LogP contribution in [0, 0.1) is 13.8 Å². The first-order valence-corrected chi connectivity index (χ1v) is 8.06. The molecule has 1 aromatic heterocycles. The topological polar surface area (TPSA) is 67.2 Å². The quantitative estimate of drug-likeness (QED) is 0.851. The molecular formula is C12H22N4O2S. The molecule has 0 atom stereocenters. The Bertz CT molecular complexity index is 561. The predicted octanol–water partition coefficient (Wildman–Crippen LogP) is 0.409. The van der Waals surface area contributed by atoms with E-state index in [4.69, 9.17) is 0 Å². The highest BCUT2D eigenvalue weighted by Crippen LogP contribution is 2.25. The van der Waals surface area contributed by atoms with Gasteiger partial charge in [-0.25, -0.2) is 8.42 Å². The van der Waals surface area contributed by atoms with E-state index in [9.17, 15) is 8.42 Å². The number of nitrogens with one attached hydrogen (secondary N) is 1. The number of aryl methyl sites for hydroxylation is 2. The van der Waals surface area contributed by atoms with Crippen LogP contribution in [0.15, 0.2) is 4.90 Å². The van der Waals surface area contributed by atoms with E-state index in [1.807, 2.05) is 6.92 Å². The summed E-state index contributed by atoms with van der Waals surface area (Å²) in [6.07, 6.45) is 0.814. The fourth-order valence-electron chi connectivity index (χ4n) is 2.44. The smallest absolute Gasteiger partial charge is 0.247 e. The van der Waals surface area contributed by atoms with Gasteiger partial charge in [-0.3, -0.25) is 4.68 Å². The maximum atomic E-state index is 12.9. The second-order valence-electron chi connectivity index (χ2n) is 5.05. The molecule has 1 saturated heterocycles. The van der Waals surface area contributed by atoms with Gasteiger partial charge in [0.05, 0.1) is 17.4 Å². The summed E-state index contributed by atoms with van der Waals surface area (Å²) < 4.78 is 29.0. The van der Waals surface area contributed by atoms with Crippen LogP contribution >= 0.6 is 0 Å². The molecule has 1 aliphatic rings. The van der Waals surface area contributed by atoms with Crippen LogP contribution in [0.3, 0.4) is 0 Å². The van der Waals surface area contributed by atoms with E-state index < -0.39 is 10.0 Å². The van der Waals surface area contributed by atoms with E-state index in [2.05, 4.69) is 10.4 Å². The molecule has 0 amide bonds. The summed E-state index contributed by atoms with van der Waals surface area (Å²) in [5.41, 5.74) is 1.28. The highest BCUT2D eigenvalue weighted by Gasteiger charge is 2.37. The first-order valence-electron chi connectivity index (χ1n) is 6.62. The number of rotatable bonds is 5. The van der Waals surface area contributed by atoms with Crippen LogP contribution in [-0.2, 0) is 17.1 Å². The van der Waals surface area contributed by atoms with Gasteiger partial charge >= 0.3 is 0 Å².